The largest absolute Gasteiger partial charge is 0.368 e. The predicted octanol–water partition coefficient (Wildman–Crippen LogP) is 2.00. The first kappa shape index (κ1) is 14.5. The van der Waals surface area contributed by atoms with Crippen molar-refractivity contribution in [3.05, 3.63) is 35.1 Å². The summed E-state index contributed by atoms with van der Waals surface area (Å²) in [5.41, 5.74) is 6.04. The molecule has 108 valence electrons. The topological polar surface area (TPSA) is 63.4 Å². The second-order valence-corrected chi connectivity index (χ2v) is 5.32. The monoisotopic (exact) mass is 278 g/mol. The number of benzene rings is 1. The van der Waals surface area contributed by atoms with E-state index in [1.807, 2.05) is 0 Å². The first-order chi connectivity index (χ1) is 9.49. The van der Waals surface area contributed by atoms with Crippen LogP contribution in [0.15, 0.2) is 18.2 Å². The van der Waals surface area contributed by atoms with Gasteiger partial charge in [-0.15, -0.1) is 0 Å². The van der Waals surface area contributed by atoms with Crippen LogP contribution in [0.3, 0.4) is 0 Å². The fourth-order valence-electron chi connectivity index (χ4n) is 2.71. The lowest BCUT2D eigenvalue weighted by atomic mass is 10.1. The number of primary amides is 1. The molecule has 1 saturated carbocycles. The molecule has 20 heavy (non-hydrogen) atoms. The lowest BCUT2D eigenvalue weighted by molar-refractivity contribution is -0.119. The van der Waals surface area contributed by atoms with Crippen molar-refractivity contribution in [1.29, 1.82) is 0 Å². The Hall–Kier alpha value is -1.91. The molecular weight excluding hydrogens is 259 g/mol. The van der Waals surface area contributed by atoms with Gasteiger partial charge < -0.3 is 10.6 Å². The number of hydrogen-bond acceptors (Lipinski definition) is 2. The maximum atomic E-state index is 13.8. The second-order valence-electron chi connectivity index (χ2n) is 5.32. The Morgan fingerprint density at radius 3 is 2.60 bits per heavy atom. The minimum Gasteiger partial charge on any atom is -0.368 e. The van der Waals surface area contributed by atoms with Gasteiger partial charge in [-0.25, -0.2) is 4.39 Å². The summed E-state index contributed by atoms with van der Waals surface area (Å²) < 4.78 is 13.8. The molecule has 0 bridgehead atoms. The fraction of sp³-hybridized carbons (Fsp3) is 0.467. The van der Waals surface area contributed by atoms with E-state index >= 15 is 0 Å². The summed E-state index contributed by atoms with van der Waals surface area (Å²) in [6, 6.07) is 4.38. The normalized spacial score (nSPS) is 15.3. The van der Waals surface area contributed by atoms with Crippen LogP contribution in [-0.2, 0) is 4.79 Å². The second kappa shape index (κ2) is 6.03. The van der Waals surface area contributed by atoms with E-state index in [2.05, 4.69) is 0 Å². The SMILES string of the molecule is Cc1ccc(F)c(C(=O)N(CC(N)=O)C2CCCC2)c1. The molecule has 0 spiro atoms. The van der Waals surface area contributed by atoms with Crippen LogP contribution in [0.4, 0.5) is 4.39 Å². The van der Waals surface area contributed by atoms with Crippen molar-refractivity contribution >= 4 is 11.8 Å². The quantitative estimate of drug-likeness (QED) is 0.915. The minimum absolute atomic E-state index is 0.0122. The summed E-state index contributed by atoms with van der Waals surface area (Å²) in [5, 5.41) is 0. The smallest absolute Gasteiger partial charge is 0.257 e. The van der Waals surface area contributed by atoms with Gasteiger partial charge in [0.05, 0.1) is 12.1 Å². The molecule has 2 rings (SSSR count). The molecule has 0 unspecified atom stereocenters. The number of nitrogens with zero attached hydrogens (tertiary/aromatic N) is 1. The van der Waals surface area contributed by atoms with Crippen LogP contribution in [0.2, 0.25) is 0 Å². The Kier molecular flexibility index (Phi) is 4.37. The van der Waals surface area contributed by atoms with Crippen LogP contribution < -0.4 is 5.73 Å². The van der Waals surface area contributed by atoms with Gasteiger partial charge in [-0.3, -0.25) is 9.59 Å². The number of amides is 2. The molecular formula is C15H19FN2O2. The zero-order valence-electron chi connectivity index (χ0n) is 11.6. The third kappa shape index (κ3) is 3.15. The van der Waals surface area contributed by atoms with E-state index in [4.69, 9.17) is 5.73 Å². The van der Waals surface area contributed by atoms with Crippen LogP contribution >= 0.6 is 0 Å². The van der Waals surface area contributed by atoms with Crippen molar-refractivity contribution in [2.45, 2.75) is 38.6 Å². The summed E-state index contributed by atoms with van der Waals surface area (Å²) in [6.07, 6.45) is 3.71. The van der Waals surface area contributed by atoms with Crippen LogP contribution in [0.5, 0.6) is 0 Å². The third-order valence-corrected chi connectivity index (χ3v) is 3.70. The predicted molar refractivity (Wildman–Crippen MR) is 73.6 cm³/mol. The van der Waals surface area contributed by atoms with Gasteiger partial charge in [0.1, 0.15) is 5.82 Å². The summed E-state index contributed by atoms with van der Waals surface area (Å²) in [6.45, 7) is 1.64. The molecule has 5 heteroatoms. The molecule has 2 N–H and O–H groups in total. The molecule has 0 heterocycles. The van der Waals surface area contributed by atoms with Gasteiger partial charge in [-0.05, 0) is 31.9 Å². The summed E-state index contributed by atoms with van der Waals surface area (Å²) in [4.78, 5) is 25.1. The number of aryl methyl sites for hydroxylation is 1. The number of carbonyl (C=O) groups excluding carboxylic acids is 2. The summed E-state index contributed by atoms with van der Waals surface area (Å²) >= 11 is 0. The van der Waals surface area contributed by atoms with Crippen molar-refractivity contribution in [3.63, 3.8) is 0 Å². The Labute approximate surface area is 117 Å². The summed E-state index contributed by atoms with van der Waals surface area (Å²) in [7, 11) is 0. The van der Waals surface area contributed by atoms with E-state index in [1.165, 1.54) is 17.0 Å². The Morgan fingerprint density at radius 1 is 1.35 bits per heavy atom. The highest BCUT2D eigenvalue weighted by Gasteiger charge is 2.29. The molecule has 1 fully saturated rings. The minimum atomic E-state index is -0.571. The lowest BCUT2D eigenvalue weighted by Crippen LogP contribution is -2.44. The molecule has 0 saturated heterocycles. The fourth-order valence-corrected chi connectivity index (χ4v) is 2.71. The van der Waals surface area contributed by atoms with Gasteiger partial charge in [-0.1, -0.05) is 24.5 Å². The molecule has 0 aliphatic heterocycles. The molecule has 1 aromatic rings. The molecule has 1 aromatic carbocycles. The molecule has 0 atom stereocenters. The molecule has 2 amide bonds. The van der Waals surface area contributed by atoms with Gasteiger partial charge in [0.2, 0.25) is 5.91 Å². The Bertz CT molecular complexity index is 525. The van der Waals surface area contributed by atoms with E-state index in [1.54, 1.807) is 13.0 Å². The number of rotatable bonds is 4. The van der Waals surface area contributed by atoms with E-state index in [-0.39, 0.29) is 18.2 Å². The van der Waals surface area contributed by atoms with Crippen molar-refractivity contribution in [2.75, 3.05) is 6.54 Å². The number of nitrogens with two attached hydrogens (primary N) is 1. The first-order valence-corrected chi connectivity index (χ1v) is 6.84. The van der Waals surface area contributed by atoms with E-state index in [0.29, 0.717) is 0 Å². The lowest BCUT2D eigenvalue weighted by Gasteiger charge is -2.28. The van der Waals surface area contributed by atoms with E-state index in [9.17, 15) is 14.0 Å². The van der Waals surface area contributed by atoms with E-state index in [0.717, 1.165) is 31.2 Å². The highest BCUT2D eigenvalue weighted by Crippen LogP contribution is 2.25. The summed E-state index contributed by atoms with van der Waals surface area (Å²) in [5.74, 6) is -1.58. The average molecular weight is 278 g/mol. The van der Waals surface area contributed by atoms with Crippen LogP contribution in [0.1, 0.15) is 41.6 Å². The van der Waals surface area contributed by atoms with Gasteiger partial charge >= 0.3 is 0 Å². The van der Waals surface area contributed by atoms with Crippen molar-refractivity contribution in [3.8, 4) is 0 Å². The van der Waals surface area contributed by atoms with Crippen LogP contribution in [-0.4, -0.2) is 29.3 Å². The van der Waals surface area contributed by atoms with E-state index < -0.39 is 17.6 Å². The highest BCUT2D eigenvalue weighted by molar-refractivity contribution is 5.97. The van der Waals surface area contributed by atoms with Crippen molar-refractivity contribution in [2.24, 2.45) is 5.73 Å². The molecule has 0 radical (unpaired) electrons. The van der Waals surface area contributed by atoms with Gasteiger partial charge in [0.25, 0.3) is 5.91 Å². The zero-order chi connectivity index (χ0) is 14.7. The maximum Gasteiger partial charge on any atom is 0.257 e. The molecule has 4 nitrogen and oxygen atoms in total. The van der Waals surface area contributed by atoms with Gasteiger partial charge in [-0.2, -0.15) is 0 Å². The number of carbonyl (C=O) groups is 2. The van der Waals surface area contributed by atoms with Crippen LogP contribution in [0, 0.1) is 12.7 Å². The Morgan fingerprint density at radius 2 is 2.00 bits per heavy atom. The maximum absolute atomic E-state index is 13.8. The highest BCUT2D eigenvalue weighted by atomic mass is 19.1. The van der Waals surface area contributed by atoms with Crippen molar-refractivity contribution in [1.82, 2.24) is 4.90 Å². The third-order valence-electron chi connectivity index (χ3n) is 3.70. The first-order valence-electron chi connectivity index (χ1n) is 6.84. The van der Waals surface area contributed by atoms with Crippen LogP contribution in [0.25, 0.3) is 0 Å². The average Bonchev–Trinajstić information content (AvgIpc) is 2.91. The standard InChI is InChI=1S/C15H19FN2O2/c1-10-6-7-13(16)12(8-10)15(20)18(9-14(17)19)11-4-2-3-5-11/h6-8,11H,2-5,9H2,1H3,(H2,17,19). The zero-order valence-corrected chi connectivity index (χ0v) is 11.6. The molecule has 0 aromatic heterocycles. The van der Waals surface area contributed by atoms with Gasteiger partial charge in [0, 0.05) is 6.04 Å². The molecule has 1 aliphatic carbocycles. The number of halogens is 1. The number of hydrogen-bond donors (Lipinski definition) is 1. The van der Waals surface area contributed by atoms with Crippen molar-refractivity contribution < 1.29 is 14.0 Å². The van der Waals surface area contributed by atoms with Gasteiger partial charge in [0.15, 0.2) is 0 Å². The molecule has 1 aliphatic rings. The Balaban J connectivity index is 2.29.